The number of benzene rings is 1. The zero-order chi connectivity index (χ0) is 22.8. The maximum Gasteiger partial charge on any atom is 0.261 e. The van der Waals surface area contributed by atoms with Crippen molar-refractivity contribution >= 4 is 23.1 Å². The Hall–Kier alpha value is -4.28. The van der Waals surface area contributed by atoms with Crippen LogP contribution in [0.25, 0.3) is 16.9 Å². The van der Waals surface area contributed by atoms with Gasteiger partial charge in [0, 0.05) is 38.2 Å². The number of fused-ring (bicyclic) bond motifs is 1. The Morgan fingerprint density at radius 2 is 2.09 bits per heavy atom. The topological polar surface area (TPSA) is 107 Å². The number of nitrogens with one attached hydrogen (secondary N) is 1. The van der Waals surface area contributed by atoms with E-state index in [2.05, 4.69) is 20.5 Å². The van der Waals surface area contributed by atoms with E-state index in [-0.39, 0.29) is 29.4 Å². The highest BCUT2D eigenvalue weighted by Gasteiger charge is 2.21. The van der Waals surface area contributed by atoms with Gasteiger partial charge in [0.1, 0.15) is 29.4 Å². The number of carbonyl (C=O) groups is 2. The number of anilines is 1. The highest BCUT2D eigenvalue weighted by Crippen LogP contribution is 2.35. The van der Waals surface area contributed by atoms with E-state index in [1.54, 1.807) is 32.6 Å². The van der Waals surface area contributed by atoms with Gasteiger partial charge in [-0.15, -0.1) is 0 Å². The number of nitrogens with zero attached hydrogens (tertiary/aromatic N) is 6. The largest absolute Gasteiger partial charge is 0.496 e. The van der Waals surface area contributed by atoms with Gasteiger partial charge in [-0.05, 0) is 24.3 Å². The first-order valence-electron chi connectivity index (χ1n) is 9.58. The van der Waals surface area contributed by atoms with Crippen molar-refractivity contribution in [2.45, 2.75) is 6.54 Å². The lowest BCUT2D eigenvalue weighted by atomic mass is 10.1. The van der Waals surface area contributed by atoms with Crippen LogP contribution in [0.2, 0.25) is 0 Å². The third kappa shape index (κ3) is 4.00. The summed E-state index contributed by atoms with van der Waals surface area (Å²) in [6, 6.07) is 5.68. The molecule has 2 amide bonds. The molecule has 0 bridgehead atoms. The normalized spacial score (nSPS) is 10.9. The Balaban J connectivity index is 1.76. The molecule has 3 heterocycles. The monoisotopic (exact) mass is 437 g/mol. The van der Waals surface area contributed by atoms with E-state index < -0.39 is 11.7 Å². The van der Waals surface area contributed by atoms with Crippen LogP contribution in [0.5, 0.6) is 5.75 Å². The molecule has 1 N–H and O–H groups in total. The Labute approximate surface area is 182 Å². The fourth-order valence-electron chi connectivity index (χ4n) is 3.12. The average Bonchev–Trinajstić information content (AvgIpc) is 3.37. The van der Waals surface area contributed by atoms with Crippen LogP contribution < -0.4 is 10.1 Å². The Morgan fingerprint density at radius 1 is 1.28 bits per heavy atom. The van der Waals surface area contributed by atoms with Gasteiger partial charge in [-0.1, -0.05) is 0 Å². The van der Waals surface area contributed by atoms with E-state index in [0.717, 1.165) is 0 Å². The van der Waals surface area contributed by atoms with Crippen LogP contribution in [0.3, 0.4) is 0 Å². The van der Waals surface area contributed by atoms with Gasteiger partial charge in [-0.2, -0.15) is 10.2 Å². The van der Waals surface area contributed by atoms with Crippen LogP contribution in [0.1, 0.15) is 10.4 Å². The minimum Gasteiger partial charge on any atom is -0.496 e. The summed E-state index contributed by atoms with van der Waals surface area (Å²) in [6.45, 7) is -0.0637. The molecule has 0 spiro atoms. The summed E-state index contributed by atoms with van der Waals surface area (Å²) in [4.78, 5) is 30.8. The van der Waals surface area contributed by atoms with Crippen LogP contribution in [0.4, 0.5) is 10.1 Å². The van der Waals surface area contributed by atoms with Crippen molar-refractivity contribution in [3.8, 4) is 17.0 Å². The second-order valence-corrected chi connectivity index (χ2v) is 7.12. The smallest absolute Gasteiger partial charge is 0.261 e. The number of ether oxygens (including phenoxy) is 1. The van der Waals surface area contributed by atoms with Gasteiger partial charge in [-0.25, -0.2) is 13.9 Å². The van der Waals surface area contributed by atoms with E-state index in [1.807, 2.05) is 0 Å². The summed E-state index contributed by atoms with van der Waals surface area (Å²) in [5, 5.41) is 11.3. The van der Waals surface area contributed by atoms with Crippen molar-refractivity contribution in [3.05, 3.63) is 60.4 Å². The van der Waals surface area contributed by atoms with Gasteiger partial charge in [0.15, 0.2) is 5.65 Å². The maximum absolute atomic E-state index is 14.0. The SMILES string of the molecule is COc1ccc(F)cc1-c1nn(CC(=O)N(C)C)cc1NC(=O)c1cnn2cccnc12. The second-order valence-electron chi connectivity index (χ2n) is 7.12. The molecule has 11 heteroatoms. The van der Waals surface area contributed by atoms with Gasteiger partial charge >= 0.3 is 0 Å². The van der Waals surface area contributed by atoms with Crippen molar-refractivity contribution in [1.29, 1.82) is 0 Å². The summed E-state index contributed by atoms with van der Waals surface area (Å²) < 4.78 is 22.2. The fourth-order valence-corrected chi connectivity index (χ4v) is 3.12. The van der Waals surface area contributed by atoms with Crippen molar-refractivity contribution in [2.24, 2.45) is 0 Å². The molecule has 10 nitrogen and oxygen atoms in total. The molecule has 0 atom stereocenters. The van der Waals surface area contributed by atoms with E-state index >= 15 is 0 Å². The van der Waals surface area contributed by atoms with E-state index in [1.165, 1.54) is 51.8 Å². The molecule has 0 saturated heterocycles. The quantitative estimate of drug-likeness (QED) is 0.495. The predicted octanol–water partition coefficient (Wildman–Crippen LogP) is 2.08. The van der Waals surface area contributed by atoms with E-state index in [4.69, 9.17) is 4.74 Å². The minimum atomic E-state index is -0.496. The zero-order valence-corrected chi connectivity index (χ0v) is 17.6. The van der Waals surface area contributed by atoms with Crippen molar-refractivity contribution < 1.29 is 18.7 Å². The summed E-state index contributed by atoms with van der Waals surface area (Å²) in [5.41, 5.74) is 1.49. The molecular formula is C21H20FN7O3. The Bertz CT molecular complexity index is 1310. The molecule has 0 unspecified atom stereocenters. The number of hydrogen-bond donors (Lipinski definition) is 1. The average molecular weight is 437 g/mol. The standard InChI is InChI=1S/C21H20FN7O3/c1-27(2)18(30)12-28-11-16(19(26-28)14-9-13(22)5-6-17(14)32-3)25-21(31)15-10-24-29-8-4-7-23-20(15)29/h4-11H,12H2,1-3H3,(H,25,31). The number of rotatable bonds is 6. The van der Waals surface area contributed by atoms with Crippen LogP contribution in [-0.4, -0.2) is 62.3 Å². The summed E-state index contributed by atoms with van der Waals surface area (Å²) in [7, 11) is 4.71. The zero-order valence-electron chi connectivity index (χ0n) is 17.6. The molecule has 1 aromatic carbocycles. The third-order valence-corrected chi connectivity index (χ3v) is 4.75. The van der Waals surface area contributed by atoms with Crippen LogP contribution in [0, 0.1) is 5.82 Å². The Morgan fingerprint density at radius 3 is 2.84 bits per heavy atom. The number of methoxy groups -OCH3 is 1. The molecule has 0 aliphatic carbocycles. The minimum absolute atomic E-state index is 0.0637. The predicted molar refractivity (Wildman–Crippen MR) is 114 cm³/mol. The Kier molecular flexibility index (Phi) is 5.54. The first-order valence-corrected chi connectivity index (χ1v) is 9.58. The van der Waals surface area contributed by atoms with Crippen LogP contribution in [0.15, 0.2) is 49.1 Å². The molecule has 0 aliphatic heterocycles. The first kappa shape index (κ1) is 21.0. The summed E-state index contributed by atoms with van der Waals surface area (Å²) in [5.74, 6) is -0.809. The molecule has 0 aliphatic rings. The molecule has 4 rings (SSSR count). The van der Waals surface area contributed by atoms with E-state index in [0.29, 0.717) is 17.0 Å². The van der Waals surface area contributed by atoms with Gasteiger partial charge in [0.05, 0.1) is 19.0 Å². The molecule has 0 radical (unpaired) electrons. The number of aromatic nitrogens is 5. The number of likely N-dealkylation sites (N-methyl/N-ethyl adjacent to an activating group) is 1. The number of amides is 2. The highest BCUT2D eigenvalue weighted by atomic mass is 19.1. The van der Waals surface area contributed by atoms with E-state index in [9.17, 15) is 14.0 Å². The van der Waals surface area contributed by atoms with Crippen molar-refractivity contribution in [1.82, 2.24) is 29.3 Å². The lowest BCUT2D eigenvalue weighted by Crippen LogP contribution is -2.26. The molecule has 0 fully saturated rings. The second kappa shape index (κ2) is 8.46. The number of halogens is 1. The number of carbonyl (C=O) groups excluding carboxylic acids is 2. The number of hydrogen-bond acceptors (Lipinski definition) is 6. The van der Waals surface area contributed by atoms with Crippen LogP contribution >= 0.6 is 0 Å². The molecule has 32 heavy (non-hydrogen) atoms. The summed E-state index contributed by atoms with van der Waals surface area (Å²) in [6.07, 6.45) is 6.15. The van der Waals surface area contributed by atoms with Crippen molar-refractivity contribution in [3.63, 3.8) is 0 Å². The van der Waals surface area contributed by atoms with Gasteiger partial charge in [0.25, 0.3) is 5.91 Å². The lowest BCUT2D eigenvalue weighted by Gasteiger charge is -2.10. The van der Waals surface area contributed by atoms with Gasteiger partial charge in [0.2, 0.25) is 5.91 Å². The van der Waals surface area contributed by atoms with Gasteiger partial charge < -0.3 is 15.0 Å². The van der Waals surface area contributed by atoms with Crippen LogP contribution in [-0.2, 0) is 11.3 Å². The van der Waals surface area contributed by atoms with Crippen molar-refractivity contribution in [2.75, 3.05) is 26.5 Å². The molecule has 4 aromatic rings. The molecule has 164 valence electrons. The molecular weight excluding hydrogens is 417 g/mol. The maximum atomic E-state index is 14.0. The molecule has 0 saturated carbocycles. The van der Waals surface area contributed by atoms with Gasteiger partial charge in [-0.3, -0.25) is 14.3 Å². The first-order chi connectivity index (χ1) is 15.4. The summed E-state index contributed by atoms with van der Waals surface area (Å²) >= 11 is 0. The molecule has 3 aromatic heterocycles. The third-order valence-electron chi connectivity index (χ3n) is 4.75. The fraction of sp³-hybridized carbons (Fsp3) is 0.190. The highest BCUT2D eigenvalue weighted by molar-refractivity contribution is 6.09. The lowest BCUT2D eigenvalue weighted by molar-refractivity contribution is -0.129.